The second-order valence-electron chi connectivity index (χ2n) is 11.6. The molecule has 0 amide bonds. The van der Waals surface area contributed by atoms with Gasteiger partial charge in [0.25, 0.3) is 5.56 Å². The highest BCUT2D eigenvalue weighted by atomic mass is 32.2. The molecule has 3 heterocycles. The van der Waals surface area contributed by atoms with E-state index >= 15 is 0 Å². The third kappa shape index (κ3) is 5.70. The number of hydrogen-bond acceptors (Lipinski definition) is 7. The van der Waals surface area contributed by atoms with E-state index in [2.05, 4.69) is 69.6 Å². The highest BCUT2D eigenvalue weighted by molar-refractivity contribution is 7.89. The molecule has 0 atom stereocenters. The van der Waals surface area contributed by atoms with Gasteiger partial charge in [-0.2, -0.15) is 10.4 Å². The predicted octanol–water partition coefficient (Wildman–Crippen LogP) is 4.82. The lowest BCUT2D eigenvalue weighted by atomic mass is 9.70. The largest absolute Gasteiger partial charge is 0.338 e. The smallest absolute Gasteiger partial charge is 0.261 e. The minimum absolute atomic E-state index is 0.169. The Bertz CT molecular complexity index is 1760. The first-order valence-electron chi connectivity index (χ1n) is 14.1. The molecule has 1 aliphatic heterocycles. The van der Waals surface area contributed by atoms with Crippen molar-refractivity contribution in [3.05, 3.63) is 81.8 Å². The molecule has 1 aliphatic rings. The summed E-state index contributed by atoms with van der Waals surface area (Å²) in [5, 5.41) is 20.8. The van der Waals surface area contributed by atoms with Crippen LogP contribution in [0.5, 0.6) is 0 Å². The second kappa shape index (κ2) is 11.7. The zero-order valence-corrected chi connectivity index (χ0v) is 25.3. The van der Waals surface area contributed by atoms with Gasteiger partial charge in [0.2, 0.25) is 10.0 Å². The summed E-state index contributed by atoms with van der Waals surface area (Å²) in [7, 11) is -0.592. The van der Waals surface area contributed by atoms with E-state index in [1.807, 2.05) is 0 Å². The van der Waals surface area contributed by atoms with Gasteiger partial charge in [0, 0.05) is 49.9 Å². The summed E-state index contributed by atoms with van der Waals surface area (Å²) >= 11 is 0. The van der Waals surface area contributed by atoms with Crippen LogP contribution in [0.1, 0.15) is 55.7 Å². The van der Waals surface area contributed by atoms with Gasteiger partial charge in [-0.1, -0.05) is 38.1 Å². The van der Waals surface area contributed by atoms with Gasteiger partial charge >= 0.3 is 0 Å². The predicted molar refractivity (Wildman–Crippen MR) is 164 cm³/mol. The molecule has 1 fully saturated rings. The lowest BCUT2D eigenvalue weighted by Gasteiger charge is -2.41. The fourth-order valence-electron chi connectivity index (χ4n) is 5.70. The number of rotatable bonds is 9. The Kier molecular flexibility index (Phi) is 8.23. The van der Waals surface area contributed by atoms with Crippen LogP contribution >= 0.6 is 0 Å². The maximum atomic E-state index is 13.0. The molecule has 0 aliphatic carbocycles. The number of H-pyrrole nitrogens is 2. The van der Waals surface area contributed by atoms with E-state index in [1.165, 1.54) is 37.4 Å². The van der Waals surface area contributed by atoms with Crippen LogP contribution in [-0.2, 0) is 22.0 Å². The summed E-state index contributed by atoms with van der Waals surface area (Å²) in [6.07, 6.45) is 3.60. The number of benzene rings is 2. The molecule has 5 rings (SSSR count). The molecule has 42 heavy (non-hydrogen) atoms. The average molecular weight is 588 g/mol. The van der Waals surface area contributed by atoms with Crippen molar-refractivity contribution in [3.8, 4) is 6.07 Å². The number of fused-ring (bicyclic) bond motifs is 1. The highest BCUT2D eigenvalue weighted by Crippen LogP contribution is 2.41. The Labute approximate surface area is 246 Å². The molecule has 11 heteroatoms. The van der Waals surface area contributed by atoms with Crippen LogP contribution in [0, 0.1) is 11.3 Å². The third-order valence-electron chi connectivity index (χ3n) is 8.36. The van der Waals surface area contributed by atoms with Gasteiger partial charge in [-0.05, 0) is 67.2 Å². The van der Waals surface area contributed by atoms with E-state index in [9.17, 15) is 18.5 Å². The number of nitriles is 1. The van der Waals surface area contributed by atoms with Crippen molar-refractivity contribution < 1.29 is 8.42 Å². The monoisotopic (exact) mass is 587 g/mol. The topological polar surface area (TPSA) is 138 Å². The average Bonchev–Trinajstić information content (AvgIpc) is 3.39. The summed E-state index contributed by atoms with van der Waals surface area (Å²) in [6.45, 7) is 6.90. The van der Waals surface area contributed by atoms with Crippen LogP contribution < -0.4 is 10.9 Å². The Hall–Kier alpha value is -3.98. The van der Waals surface area contributed by atoms with E-state index in [0.29, 0.717) is 34.7 Å². The SMILES string of the molecule is CC(C)c1ccc(CN2CCC(CC#N)(c3c[nH]c(=O)c4c(Nc5ccc(S(=O)(=O)N(C)C)cc5)n[nH]c34)CC2)cc1. The minimum Gasteiger partial charge on any atom is -0.338 e. The number of aromatic amines is 2. The van der Waals surface area contributed by atoms with Gasteiger partial charge in [-0.15, -0.1) is 0 Å². The van der Waals surface area contributed by atoms with E-state index in [4.69, 9.17) is 0 Å². The molecule has 0 radical (unpaired) electrons. The molecule has 220 valence electrons. The normalized spacial score (nSPS) is 15.7. The van der Waals surface area contributed by atoms with Gasteiger partial charge in [0.1, 0.15) is 5.39 Å². The number of aromatic nitrogens is 3. The van der Waals surface area contributed by atoms with Crippen LogP contribution in [0.25, 0.3) is 10.9 Å². The number of likely N-dealkylation sites (tertiary alicyclic amines) is 1. The summed E-state index contributed by atoms with van der Waals surface area (Å²) in [4.78, 5) is 18.5. The molecule has 0 unspecified atom stereocenters. The van der Waals surface area contributed by atoms with Gasteiger partial charge in [-0.3, -0.25) is 14.8 Å². The number of anilines is 2. The van der Waals surface area contributed by atoms with Crippen molar-refractivity contribution in [2.75, 3.05) is 32.5 Å². The van der Waals surface area contributed by atoms with Gasteiger partial charge < -0.3 is 10.3 Å². The van der Waals surface area contributed by atoms with E-state index < -0.39 is 15.4 Å². The maximum Gasteiger partial charge on any atom is 0.261 e. The molecule has 0 spiro atoms. The second-order valence-corrected chi connectivity index (χ2v) is 13.7. The van der Waals surface area contributed by atoms with Crippen molar-refractivity contribution in [2.45, 2.75) is 55.9 Å². The minimum atomic E-state index is -3.56. The van der Waals surface area contributed by atoms with Crippen molar-refractivity contribution in [1.82, 2.24) is 24.4 Å². The molecular weight excluding hydrogens is 550 g/mol. The van der Waals surface area contributed by atoms with Crippen molar-refractivity contribution in [3.63, 3.8) is 0 Å². The lowest BCUT2D eigenvalue weighted by molar-refractivity contribution is 0.154. The molecular formula is C31H37N7O3S. The Morgan fingerprint density at radius 2 is 1.76 bits per heavy atom. The number of piperidine rings is 1. The van der Waals surface area contributed by atoms with E-state index in [0.717, 1.165) is 42.3 Å². The molecule has 1 saturated heterocycles. The fraction of sp³-hybridized carbons (Fsp3) is 0.387. The number of sulfonamides is 1. The molecule has 4 aromatic rings. The first kappa shape index (κ1) is 29.5. The maximum absolute atomic E-state index is 13.0. The molecule has 0 saturated carbocycles. The highest BCUT2D eigenvalue weighted by Gasteiger charge is 2.38. The third-order valence-corrected chi connectivity index (χ3v) is 10.2. The van der Waals surface area contributed by atoms with Crippen LogP contribution in [-0.4, -0.2) is 60.0 Å². The summed E-state index contributed by atoms with van der Waals surface area (Å²) in [5.41, 5.74) is 3.96. The quantitative estimate of drug-likeness (QED) is 0.255. The zero-order chi connectivity index (χ0) is 30.1. The standard InChI is InChI=1S/C31H37N7O3S/c1-21(2)23-7-5-22(6-8-23)20-38-17-14-31(13-16-32,15-18-38)26-19-33-30(39)27-28(26)35-36-29(27)34-24-9-11-25(12-10-24)42(40,41)37(3)4/h5-12,19,21H,13-15,17-18,20H2,1-4H3,(H,33,39)(H2,34,35,36). The molecule has 2 aromatic heterocycles. The van der Waals surface area contributed by atoms with Crippen LogP contribution in [0.4, 0.5) is 11.5 Å². The Morgan fingerprint density at radius 1 is 1.10 bits per heavy atom. The Balaban J connectivity index is 1.38. The van der Waals surface area contributed by atoms with E-state index in [-0.39, 0.29) is 10.5 Å². The van der Waals surface area contributed by atoms with Gasteiger partial charge in [-0.25, -0.2) is 12.7 Å². The Morgan fingerprint density at radius 3 is 2.36 bits per heavy atom. The zero-order valence-electron chi connectivity index (χ0n) is 24.4. The molecule has 3 N–H and O–H groups in total. The molecule has 2 aromatic carbocycles. The van der Waals surface area contributed by atoms with Gasteiger partial charge in [0.05, 0.1) is 16.5 Å². The first-order chi connectivity index (χ1) is 20.0. The van der Waals surface area contributed by atoms with Crippen molar-refractivity contribution in [1.29, 1.82) is 5.26 Å². The summed E-state index contributed by atoms with van der Waals surface area (Å²) < 4.78 is 26.0. The molecule has 0 bridgehead atoms. The van der Waals surface area contributed by atoms with Crippen LogP contribution in [0.2, 0.25) is 0 Å². The number of pyridine rings is 1. The summed E-state index contributed by atoms with van der Waals surface area (Å²) in [6, 6.07) is 17.5. The van der Waals surface area contributed by atoms with Crippen LogP contribution in [0.3, 0.4) is 0 Å². The fourth-order valence-corrected chi connectivity index (χ4v) is 6.61. The lowest BCUT2D eigenvalue weighted by Crippen LogP contribution is -2.42. The number of hydrogen-bond donors (Lipinski definition) is 3. The number of nitrogens with one attached hydrogen (secondary N) is 3. The van der Waals surface area contributed by atoms with E-state index in [1.54, 1.807) is 18.3 Å². The van der Waals surface area contributed by atoms with Crippen molar-refractivity contribution in [2.24, 2.45) is 0 Å². The first-order valence-corrected chi connectivity index (χ1v) is 15.6. The number of nitrogens with zero attached hydrogens (tertiary/aromatic N) is 4. The molecule has 10 nitrogen and oxygen atoms in total. The van der Waals surface area contributed by atoms with Crippen LogP contribution in [0.15, 0.2) is 64.4 Å². The van der Waals surface area contributed by atoms with Gasteiger partial charge in [0.15, 0.2) is 5.82 Å². The summed E-state index contributed by atoms with van der Waals surface area (Å²) in [5.74, 6) is 0.839. The van der Waals surface area contributed by atoms with Crippen molar-refractivity contribution >= 4 is 32.4 Å².